The number of aryl methyl sites for hydroxylation is 1. The van der Waals surface area contributed by atoms with Crippen LogP contribution in [0.5, 0.6) is 5.75 Å². The Balaban J connectivity index is 1.43. The molecule has 0 spiro atoms. The Hall–Kier alpha value is -3.13. The molecule has 0 aliphatic carbocycles. The van der Waals surface area contributed by atoms with Gasteiger partial charge in [0.15, 0.2) is 4.96 Å². The number of benzene rings is 1. The molecule has 1 aromatic carbocycles. The molecule has 1 N–H and O–H groups in total. The monoisotopic (exact) mass is 381 g/mol. The van der Waals surface area contributed by atoms with E-state index in [1.807, 2.05) is 51.0 Å². The zero-order valence-electron chi connectivity index (χ0n) is 14.8. The van der Waals surface area contributed by atoms with Gasteiger partial charge in [0.1, 0.15) is 11.4 Å². The molecule has 3 aromatic heterocycles. The molecule has 3 heterocycles. The lowest BCUT2D eigenvalue weighted by atomic mass is 10.2. The Morgan fingerprint density at radius 3 is 2.89 bits per heavy atom. The molecule has 0 fully saturated rings. The first-order valence-electron chi connectivity index (χ1n) is 8.59. The van der Waals surface area contributed by atoms with E-state index in [0.717, 1.165) is 34.9 Å². The molecule has 0 aliphatic rings. The molecule has 0 bridgehead atoms. The highest BCUT2D eigenvalue weighted by Gasteiger charge is 2.15. The lowest BCUT2D eigenvalue weighted by molar-refractivity contribution is 0.0947. The molecule has 4 aromatic rings. The molecule has 27 heavy (non-hydrogen) atoms. The van der Waals surface area contributed by atoms with Crippen molar-refractivity contribution in [2.24, 2.45) is 0 Å². The second kappa shape index (κ2) is 7.63. The van der Waals surface area contributed by atoms with Crippen LogP contribution in [0.4, 0.5) is 0 Å². The summed E-state index contributed by atoms with van der Waals surface area (Å²) in [6, 6.07) is 7.72. The SMILES string of the molecule is COc1ccc(-c2cn3c(C(=O)NCCCn4ccnc4)csc3n2)cc1. The number of hydrogen-bond donors (Lipinski definition) is 1. The second-order valence-corrected chi connectivity index (χ2v) is 6.87. The van der Waals surface area contributed by atoms with Gasteiger partial charge < -0.3 is 14.6 Å². The van der Waals surface area contributed by atoms with Crippen molar-refractivity contribution in [1.82, 2.24) is 24.3 Å². The second-order valence-electron chi connectivity index (χ2n) is 6.04. The number of thiazole rings is 1. The third kappa shape index (κ3) is 3.70. The maximum absolute atomic E-state index is 12.5. The summed E-state index contributed by atoms with van der Waals surface area (Å²) in [7, 11) is 1.64. The van der Waals surface area contributed by atoms with E-state index in [1.54, 1.807) is 19.6 Å². The van der Waals surface area contributed by atoms with E-state index in [2.05, 4.69) is 15.3 Å². The first-order chi connectivity index (χ1) is 13.2. The van der Waals surface area contributed by atoms with Gasteiger partial charge in [-0.2, -0.15) is 0 Å². The van der Waals surface area contributed by atoms with Gasteiger partial charge in [-0.15, -0.1) is 11.3 Å². The zero-order chi connectivity index (χ0) is 18.6. The predicted octanol–water partition coefficient (Wildman–Crippen LogP) is 3.09. The fourth-order valence-electron chi connectivity index (χ4n) is 2.82. The average molecular weight is 381 g/mol. The number of rotatable bonds is 7. The van der Waals surface area contributed by atoms with Crippen LogP contribution in [0.1, 0.15) is 16.9 Å². The van der Waals surface area contributed by atoms with E-state index in [9.17, 15) is 4.79 Å². The summed E-state index contributed by atoms with van der Waals surface area (Å²) >= 11 is 1.46. The van der Waals surface area contributed by atoms with Crippen molar-refractivity contribution in [2.75, 3.05) is 13.7 Å². The van der Waals surface area contributed by atoms with Crippen molar-refractivity contribution in [1.29, 1.82) is 0 Å². The minimum atomic E-state index is -0.0921. The third-order valence-electron chi connectivity index (χ3n) is 4.27. The average Bonchev–Trinajstić information content (AvgIpc) is 3.42. The quantitative estimate of drug-likeness (QED) is 0.499. The van der Waals surface area contributed by atoms with Crippen molar-refractivity contribution in [2.45, 2.75) is 13.0 Å². The zero-order valence-corrected chi connectivity index (χ0v) is 15.6. The van der Waals surface area contributed by atoms with Gasteiger partial charge in [0.25, 0.3) is 5.91 Å². The Kier molecular flexibility index (Phi) is 4.88. The summed E-state index contributed by atoms with van der Waals surface area (Å²) in [4.78, 5) is 21.9. The van der Waals surface area contributed by atoms with Crippen LogP contribution < -0.4 is 10.1 Å². The Morgan fingerprint density at radius 1 is 1.30 bits per heavy atom. The Labute approximate surface area is 160 Å². The standard InChI is InChI=1S/C19H19N5O2S/c1-26-15-5-3-14(4-6-15)16-11-24-17(12-27-19(24)22-16)18(25)21-7-2-9-23-10-8-20-13-23/h3-6,8,10-13H,2,7,9H2,1H3,(H,21,25). The summed E-state index contributed by atoms with van der Waals surface area (Å²) in [6.45, 7) is 1.43. The van der Waals surface area contributed by atoms with Crippen molar-refractivity contribution in [3.63, 3.8) is 0 Å². The molecule has 138 valence electrons. The van der Waals surface area contributed by atoms with Crippen molar-refractivity contribution in [3.05, 3.63) is 60.3 Å². The van der Waals surface area contributed by atoms with Crippen LogP contribution in [-0.2, 0) is 6.54 Å². The number of carbonyl (C=O) groups is 1. The van der Waals surface area contributed by atoms with Gasteiger partial charge in [-0.25, -0.2) is 9.97 Å². The van der Waals surface area contributed by atoms with Gasteiger partial charge in [-0.05, 0) is 30.7 Å². The van der Waals surface area contributed by atoms with Crippen LogP contribution in [-0.4, -0.2) is 38.5 Å². The van der Waals surface area contributed by atoms with E-state index >= 15 is 0 Å². The lowest BCUT2D eigenvalue weighted by Crippen LogP contribution is -2.26. The number of fused-ring (bicyclic) bond motifs is 1. The number of amides is 1. The first-order valence-corrected chi connectivity index (χ1v) is 9.47. The van der Waals surface area contributed by atoms with Gasteiger partial charge in [0, 0.05) is 42.6 Å². The minimum absolute atomic E-state index is 0.0921. The van der Waals surface area contributed by atoms with Crippen LogP contribution in [0, 0.1) is 0 Å². The predicted molar refractivity (Wildman–Crippen MR) is 104 cm³/mol. The highest BCUT2D eigenvalue weighted by atomic mass is 32.1. The molecule has 1 amide bonds. The number of nitrogens with zero attached hydrogens (tertiary/aromatic N) is 4. The van der Waals surface area contributed by atoms with Crippen molar-refractivity contribution in [3.8, 4) is 17.0 Å². The van der Waals surface area contributed by atoms with E-state index in [4.69, 9.17) is 4.74 Å². The molecule has 0 aliphatic heterocycles. The number of aromatic nitrogens is 4. The molecule has 0 unspecified atom stereocenters. The fraction of sp³-hybridized carbons (Fsp3) is 0.211. The number of hydrogen-bond acceptors (Lipinski definition) is 5. The smallest absolute Gasteiger partial charge is 0.269 e. The Bertz CT molecular complexity index is 1030. The summed E-state index contributed by atoms with van der Waals surface area (Å²) in [6.07, 6.45) is 8.18. The molecule has 0 atom stereocenters. The number of carbonyl (C=O) groups excluding carboxylic acids is 1. The van der Waals surface area contributed by atoms with E-state index < -0.39 is 0 Å². The first kappa shape index (κ1) is 17.3. The van der Waals surface area contributed by atoms with E-state index in [0.29, 0.717) is 12.2 Å². The number of methoxy groups -OCH3 is 1. The molecule has 0 saturated carbocycles. The fourth-order valence-corrected chi connectivity index (χ4v) is 3.67. The lowest BCUT2D eigenvalue weighted by Gasteiger charge is -2.05. The summed E-state index contributed by atoms with van der Waals surface area (Å²) in [5.41, 5.74) is 2.42. The van der Waals surface area contributed by atoms with Crippen molar-refractivity contribution < 1.29 is 9.53 Å². The highest BCUT2D eigenvalue weighted by Crippen LogP contribution is 2.25. The van der Waals surface area contributed by atoms with Gasteiger partial charge >= 0.3 is 0 Å². The normalized spacial score (nSPS) is 11.0. The van der Waals surface area contributed by atoms with Crippen LogP contribution >= 0.6 is 11.3 Å². The van der Waals surface area contributed by atoms with Crippen LogP contribution in [0.2, 0.25) is 0 Å². The number of imidazole rings is 2. The number of ether oxygens (including phenoxy) is 1. The topological polar surface area (TPSA) is 73.5 Å². The van der Waals surface area contributed by atoms with Crippen LogP contribution in [0.3, 0.4) is 0 Å². The minimum Gasteiger partial charge on any atom is -0.497 e. The van der Waals surface area contributed by atoms with E-state index in [1.165, 1.54) is 11.3 Å². The molecule has 8 heteroatoms. The molecule has 7 nitrogen and oxygen atoms in total. The van der Waals surface area contributed by atoms with Gasteiger partial charge in [0.2, 0.25) is 0 Å². The maximum atomic E-state index is 12.5. The Morgan fingerprint density at radius 2 is 2.15 bits per heavy atom. The number of nitrogens with one attached hydrogen (secondary N) is 1. The van der Waals surface area contributed by atoms with Crippen LogP contribution in [0.15, 0.2) is 54.6 Å². The van der Waals surface area contributed by atoms with Crippen molar-refractivity contribution >= 4 is 22.2 Å². The molecular weight excluding hydrogens is 362 g/mol. The largest absolute Gasteiger partial charge is 0.497 e. The summed E-state index contributed by atoms with van der Waals surface area (Å²) < 4.78 is 9.02. The van der Waals surface area contributed by atoms with Gasteiger partial charge in [-0.3, -0.25) is 9.20 Å². The molecule has 4 rings (SSSR count). The van der Waals surface area contributed by atoms with E-state index in [-0.39, 0.29) is 5.91 Å². The van der Waals surface area contributed by atoms with Gasteiger partial charge in [-0.1, -0.05) is 0 Å². The molecular formula is C19H19N5O2S. The third-order valence-corrected chi connectivity index (χ3v) is 5.11. The highest BCUT2D eigenvalue weighted by molar-refractivity contribution is 7.15. The maximum Gasteiger partial charge on any atom is 0.269 e. The van der Waals surface area contributed by atoms with Crippen LogP contribution in [0.25, 0.3) is 16.2 Å². The molecule has 0 radical (unpaired) electrons. The van der Waals surface area contributed by atoms with Gasteiger partial charge in [0.05, 0.1) is 19.1 Å². The molecule has 0 saturated heterocycles. The summed E-state index contributed by atoms with van der Waals surface area (Å²) in [5.74, 6) is 0.709. The summed E-state index contributed by atoms with van der Waals surface area (Å²) in [5, 5.41) is 4.81.